The zero-order chi connectivity index (χ0) is 22.1. The topological polar surface area (TPSA) is 70.5 Å². The maximum atomic E-state index is 13.1. The number of aliphatic hydroxyl groups excluding tert-OH is 1. The number of carbonyl (C=O) groups is 2. The summed E-state index contributed by atoms with van der Waals surface area (Å²) >= 11 is 6.22. The van der Waals surface area contributed by atoms with Crippen LogP contribution in [0.1, 0.15) is 33.9 Å². The van der Waals surface area contributed by atoms with Gasteiger partial charge in [-0.3, -0.25) is 14.6 Å². The lowest BCUT2D eigenvalue weighted by Crippen LogP contribution is -2.29. The fourth-order valence-corrected chi connectivity index (χ4v) is 4.09. The Kier molecular flexibility index (Phi) is 5.61. The van der Waals surface area contributed by atoms with Crippen LogP contribution in [0.3, 0.4) is 0 Å². The lowest BCUT2D eigenvalue weighted by atomic mass is 9.93. The van der Waals surface area contributed by atoms with E-state index in [1.54, 1.807) is 48.8 Å². The number of aryl methyl sites for hydroxylation is 2. The largest absolute Gasteiger partial charge is 0.507 e. The molecular formula is C25H21ClN2O3. The molecule has 0 radical (unpaired) electrons. The Balaban J connectivity index is 1.91. The number of hydrogen-bond donors (Lipinski definition) is 1. The fourth-order valence-electron chi connectivity index (χ4n) is 3.89. The van der Waals surface area contributed by atoms with Gasteiger partial charge in [0.25, 0.3) is 11.7 Å². The molecule has 31 heavy (non-hydrogen) atoms. The van der Waals surface area contributed by atoms with Gasteiger partial charge >= 0.3 is 0 Å². The predicted molar refractivity (Wildman–Crippen MR) is 119 cm³/mol. The number of Topliss-reactive ketones (excluding diaryl/α,β-unsaturated/α-hetero) is 1. The first-order valence-electron chi connectivity index (χ1n) is 9.87. The molecule has 1 unspecified atom stereocenters. The van der Waals surface area contributed by atoms with Gasteiger partial charge in [0.15, 0.2) is 0 Å². The third kappa shape index (κ3) is 3.97. The molecule has 2 heterocycles. The summed E-state index contributed by atoms with van der Waals surface area (Å²) in [4.78, 5) is 31.7. The zero-order valence-corrected chi connectivity index (χ0v) is 17.9. The monoisotopic (exact) mass is 432 g/mol. The van der Waals surface area contributed by atoms with Gasteiger partial charge in [0.1, 0.15) is 5.76 Å². The second kappa shape index (κ2) is 8.36. The predicted octanol–water partition coefficient (Wildman–Crippen LogP) is 4.97. The number of hydrogen-bond acceptors (Lipinski definition) is 4. The SMILES string of the molecule is Cc1ccc(C)c(/C(O)=C2\C(=O)C(=O)N(Cc3ccncc3)C2c2cccc(Cl)c2)c1. The van der Waals surface area contributed by atoms with Crippen molar-refractivity contribution in [3.05, 3.63) is 105 Å². The number of aliphatic hydroxyl groups is 1. The quantitative estimate of drug-likeness (QED) is 0.359. The highest BCUT2D eigenvalue weighted by atomic mass is 35.5. The highest BCUT2D eigenvalue weighted by Gasteiger charge is 2.46. The summed E-state index contributed by atoms with van der Waals surface area (Å²) in [6.07, 6.45) is 3.27. The Morgan fingerprint density at radius 3 is 2.52 bits per heavy atom. The van der Waals surface area contributed by atoms with E-state index in [9.17, 15) is 14.7 Å². The normalized spacial score (nSPS) is 17.9. The van der Waals surface area contributed by atoms with Crippen molar-refractivity contribution in [1.29, 1.82) is 0 Å². The van der Waals surface area contributed by atoms with Crippen LogP contribution in [-0.2, 0) is 16.1 Å². The van der Waals surface area contributed by atoms with E-state index in [-0.39, 0.29) is 17.9 Å². The summed E-state index contributed by atoms with van der Waals surface area (Å²) < 4.78 is 0. The van der Waals surface area contributed by atoms with E-state index in [0.29, 0.717) is 16.1 Å². The molecule has 6 heteroatoms. The van der Waals surface area contributed by atoms with E-state index in [1.807, 2.05) is 32.0 Å². The molecule has 0 saturated carbocycles. The minimum Gasteiger partial charge on any atom is -0.507 e. The van der Waals surface area contributed by atoms with E-state index in [1.165, 1.54) is 4.90 Å². The van der Waals surface area contributed by atoms with Gasteiger partial charge in [0.2, 0.25) is 0 Å². The van der Waals surface area contributed by atoms with Crippen LogP contribution in [0, 0.1) is 13.8 Å². The molecule has 3 aromatic rings. The number of ketones is 1. The van der Waals surface area contributed by atoms with Crippen LogP contribution in [0.4, 0.5) is 0 Å². The summed E-state index contributed by atoms with van der Waals surface area (Å²) in [5.74, 6) is -1.55. The number of pyridine rings is 1. The van der Waals surface area contributed by atoms with Crippen LogP contribution < -0.4 is 0 Å². The van der Waals surface area contributed by atoms with Crippen LogP contribution in [-0.4, -0.2) is 26.7 Å². The van der Waals surface area contributed by atoms with E-state index in [2.05, 4.69) is 4.98 Å². The average Bonchev–Trinajstić information content (AvgIpc) is 3.00. The van der Waals surface area contributed by atoms with Crippen LogP contribution in [0.15, 0.2) is 72.6 Å². The summed E-state index contributed by atoms with van der Waals surface area (Å²) in [6, 6.07) is 15.5. The van der Waals surface area contributed by atoms with Gasteiger partial charge < -0.3 is 10.0 Å². The standard InChI is InChI=1S/C25H21ClN2O3/c1-15-6-7-16(2)20(12-15)23(29)21-22(18-4-3-5-19(26)13-18)28(25(31)24(21)30)14-17-8-10-27-11-9-17/h3-13,22,29H,14H2,1-2H3/b23-21+. The molecule has 1 aliphatic rings. The van der Waals surface area contributed by atoms with Crippen molar-refractivity contribution in [2.75, 3.05) is 0 Å². The summed E-state index contributed by atoms with van der Waals surface area (Å²) in [6.45, 7) is 3.97. The van der Waals surface area contributed by atoms with Gasteiger partial charge in [-0.25, -0.2) is 0 Å². The first-order valence-corrected chi connectivity index (χ1v) is 10.2. The van der Waals surface area contributed by atoms with E-state index < -0.39 is 17.7 Å². The van der Waals surface area contributed by atoms with Crippen molar-refractivity contribution in [3.63, 3.8) is 0 Å². The molecule has 1 saturated heterocycles. The second-order valence-electron chi connectivity index (χ2n) is 7.66. The molecule has 1 N–H and O–H groups in total. The molecule has 1 amide bonds. The lowest BCUT2D eigenvalue weighted by Gasteiger charge is -2.25. The molecule has 0 spiro atoms. The number of rotatable bonds is 4. The van der Waals surface area contributed by atoms with Crippen LogP contribution >= 0.6 is 11.6 Å². The number of benzene rings is 2. The maximum absolute atomic E-state index is 13.1. The number of amides is 1. The molecule has 1 fully saturated rings. The van der Waals surface area contributed by atoms with Gasteiger partial charge in [-0.05, 0) is 60.9 Å². The molecule has 156 valence electrons. The third-order valence-corrected chi connectivity index (χ3v) is 5.69. The third-order valence-electron chi connectivity index (χ3n) is 5.45. The molecule has 2 aromatic carbocycles. The van der Waals surface area contributed by atoms with E-state index >= 15 is 0 Å². The average molecular weight is 433 g/mol. The Morgan fingerprint density at radius 1 is 1.06 bits per heavy atom. The number of likely N-dealkylation sites (tertiary alicyclic amines) is 1. The molecule has 5 nitrogen and oxygen atoms in total. The van der Waals surface area contributed by atoms with E-state index in [0.717, 1.165) is 16.7 Å². The van der Waals surface area contributed by atoms with Gasteiger partial charge in [0, 0.05) is 29.5 Å². The van der Waals surface area contributed by atoms with Crippen molar-refractivity contribution < 1.29 is 14.7 Å². The second-order valence-corrected chi connectivity index (χ2v) is 8.09. The smallest absolute Gasteiger partial charge is 0.295 e. The molecule has 1 atom stereocenters. The first-order chi connectivity index (χ1) is 14.9. The highest BCUT2D eigenvalue weighted by Crippen LogP contribution is 2.41. The zero-order valence-electron chi connectivity index (χ0n) is 17.2. The summed E-state index contributed by atoms with van der Waals surface area (Å²) in [7, 11) is 0. The van der Waals surface area contributed by atoms with Crippen molar-refractivity contribution >= 4 is 29.1 Å². The molecule has 1 aromatic heterocycles. The van der Waals surface area contributed by atoms with Crippen LogP contribution in [0.2, 0.25) is 5.02 Å². The Bertz CT molecular complexity index is 1200. The Labute approximate surface area is 185 Å². The lowest BCUT2D eigenvalue weighted by molar-refractivity contribution is -0.140. The summed E-state index contributed by atoms with van der Waals surface area (Å²) in [5, 5.41) is 11.7. The number of aromatic nitrogens is 1. The molecule has 1 aliphatic heterocycles. The van der Waals surface area contributed by atoms with Crippen LogP contribution in [0.25, 0.3) is 5.76 Å². The van der Waals surface area contributed by atoms with E-state index in [4.69, 9.17) is 11.6 Å². The molecule has 0 bridgehead atoms. The Hall–Kier alpha value is -3.44. The van der Waals surface area contributed by atoms with Crippen molar-refractivity contribution in [1.82, 2.24) is 9.88 Å². The van der Waals surface area contributed by atoms with Crippen molar-refractivity contribution in [2.45, 2.75) is 26.4 Å². The molecule has 4 rings (SSSR count). The van der Waals surface area contributed by atoms with Gasteiger partial charge in [-0.15, -0.1) is 0 Å². The summed E-state index contributed by atoms with van der Waals surface area (Å²) in [5.41, 5.74) is 3.85. The molecular weight excluding hydrogens is 412 g/mol. The number of halogens is 1. The number of carbonyl (C=O) groups excluding carboxylic acids is 2. The highest BCUT2D eigenvalue weighted by molar-refractivity contribution is 6.46. The fraction of sp³-hybridized carbons (Fsp3) is 0.160. The minimum atomic E-state index is -0.758. The minimum absolute atomic E-state index is 0.0648. The van der Waals surface area contributed by atoms with Gasteiger partial charge in [-0.1, -0.05) is 41.4 Å². The van der Waals surface area contributed by atoms with Gasteiger partial charge in [0.05, 0.1) is 11.6 Å². The number of nitrogens with zero attached hydrogens (tertiary/aromatic N) is 2. The van der Waals surface area contributed by atoms with Gasteiger partial charge in [-0.2, -0.15) is 0 Å². The molecule has 0 aliphatic carbocycles. The van der Waals surface area contributed by atoms with Crippen molar-refractivity contribution in [2.24, 2.45) is 0 Å². The first kappa shape index (κ1) is 20.8. The van der Waals surface area contributed by atoms with Crippen LogP contribution in [0.5, 0.6) is 0 Å². The maximum Gasteiger partial charge on any atom is 0.295 e. The Morgan fingerprint density at radius 2 is 1.81 bits per heavy atom. The van der Waals surface area contributed by atoms with Crippen molar-refractivity contribution in [3.8, 4) is 0 Å².